The Morgan fingerprint density at radius 2 is 1.29 bits per heavy atom. The molecular weight excluding hydrogens is 952 g/mol. The van der Waals surface area contributed by atoms with Crippen molar-refractivity contribution in [3.05, 3.63) is 211 Å². The molecule has 0 unspecified atom stereocenters. The number of rotatable bonds is 6. The van der Waals surface area contributed by atoms with E-state index in [0.29, 0.717) is 11.5 Å². The van der Waals surface area contributed by atoms with Crippen LogP contribution in [0.15, 0.2) is 176 Å². The van der Waals surface area contributed by atoms with Gasteiger partial charge in [0.2, 0.25) is 6.33 Å². The van der Waals surface area contributed by atoms with Crippen molar-refractivity contribution in [2.75, 3.05) is 0 Å². The second-order valence-electron chi connectivity index (χ2n) is 16.9. The third-order valence-electron chi connectivity index (χ3n) is 11.9. The average molecular weight is 994 g/mol. The maximum Gasteiger partial charge on any atom is 0.242 e. The fourth-order valence-corrected chi connectivity index (χ4v) is 8.79. The van der Waals surface area contributed by atoms with Crippen LogP contribution in [0.3, 0.4) is 0 Å². The smallest absolute Gasteiger partial charge is 0.242 e. The average Bonchev–Trinajstić information content (AvgIpc) is 3.82. The van der Waals surface area contributed by atoms with Crippen LogP contribution >= 0.6 is 0 Å². The zero-order chi connectivity index (χ0) is 42.0. The molecule has 63 heavy (non-hydrogen) atoms. The number of nitrogens with zero attached hydrogens (tertiary/aromatic N) is 4. The number of imidazole rings is 1. The van der Waals surface area contributed by atoms with E-state index in [1.807, 2.05) is 23.7 Å². The van der Waals surface area contributed by atoms with Crippen molar-refractivity contribution < 1.29 is 30.4 Å². The molecule has 0 N–H and O–H groups in total. The minimum absolute atomic E-state index is 0. The maximum atomic E-state index is 7.27. The minimum Gasteiger partial charge on any atom is -0.509 e. The first kappa shape index (κ1) is 40.0. The van der Waals surface area contributed by atoms with E-state index in [9.17, 15) is 0 Å². The van der Waals surface area contributed by atoms with Crippen LogP contribution in [0.4, 0.5) is 0 Å². The molecule has 10 aromatic rings. The van der Waals surface area contributed by atoms with Gasteiger partial charge in [-0.15, -0.1) is 29.7 Å². The van der Waals surface area contributed by atoms with Crippen LogP contribution in [-0.4, -0.2) is 14.1 Å². The summed E-state index contributed by atoms with van der Waals surface area (Å²) < 4.78 is 13.6. The molecule has 11 rings (SSSR count). The number of ether oxygens (including phenoxy) is 1. The predicted octanol–water partition coefficient (Wildman–Crippen LogP) is 13.1. The van der Waals surface area contributed by atoms with Gasteiger partial charge in [0.25, 0.3) is 0 Å². The van der Waals surface area contributed by atoms with Crippen molar-refractivity contribution >= 4 is 50.4 Å². The molecule has 0 bridgehead atoms. The number of hydrogen-bond donors (Lipinski definition) is 0. The summed E-state index contributed by atoms with van der Waals surface area (Å²) in [7, 11) is 2.03. The Morgan fingerprint density at radius 1 is 0.619 bits per heavy atom. The first-order valence-electron chi connectivity index (χ1n) is 21.0. The quantitative estimate of drug-likeness (QED) is 0.123. The SMILES string of the molecule is Cn1[c-][n+](/C2=C/c3ccccc3-c3cccc(-c4ccccc4)c3C(Oc3[c-]c4c(cc3)c3ccccc3n4-c3cc(C(C)(C)C)cc(-c4ccccc4)n3)=[C-]2)c2ccccc21.[Pt]. The van der Waals surface area contributed by atoms with E-state index in [4.69, 9.17) is 9.72 Å². The Hall–Kier alpha value is -7.07. The number of allylic oxidation sites excluding steroid dienone is 2. The molecule has 308 valence electrons. The second-order valence-corrected chi connectivity index (χ2v) is 16.9. The summed E-state index contributed by atoms with van der Waals surface area (Å²) >= 11 is 0. The monoisotopic (exact) mass is 993 g/mol. The van der Waals surface area contributed by atoms with E-state index < -0.39 is 0 Å². The van der Waals surface area contributed by atoms with Crippen molar-refractivity contribution in [3.63, 3.8) is 0 Å². The third kappa shape index (κ3) is 7.13. The van der Waals surface area contributed by atoms with Crippen LogP contribution in [0.1, 0.15) is 37.5 Å². The van der Waals surface area contributed by atoms with Crippen LogP contribution in [0.2, 0.25) is 0 Å². The van der Waals surface area contributed by atoms with Gasteiger partial charge in [-0.1, -0.05) is 200 Å². The second kappa shape index (κ2) is 16.0. The molecule has 0 saturated heterocycles. The van der Waals surface area contributed by atoms with Crippen LogP contribution in [-0.2, 0) is 33.5 Å². The molecule has 0 saturated carbocycles. The molecule has 1 aliphatic carbocycles. The standard InChI is InChI=1S/C57H42N4O.Pt/c1-57(2,3)41-33-49(39-20-9-6-10-21-39)58-55(34-41)61-50-27-14-13-24-46(50)47-31-30-43(36-53(47)61)62-54-35-42(60-37-59(4)51-28-15-16-29-52(51)60)32-40-22-11-12-23-44(40)48-26-17-25-45(56(48)54)38-18-7-5-8-19-38;/h5-34H,1-4H3;/q-2;/b40-32?,42-32+,48-44?,56-54?;. The molecule has 0 amide bonds. The molecule has 7 aromatic carbocycles. The summed E-state index contributed by atoms with van der Waals surface area (Å²) in [4.78, 5) is 5.36. The number of para-hydroxylation sites is 3. The number of aromatic nitrogens is 4. The van der Waals surface area contributed by atoms with Crippen molar-refractivity contribution in [1.29, 1.82) is 0 Å². The van der Waals surface area contributed by atoms with E-state index in [0.717, 1.165) is 89.0 Å². The van der Waals surface area contributed by atoms with Crippen molar-refractivity contribution in [2.24, 2.45) is 7.05 Å². The minimum atomic E-state index is -0.119. The Bertz CT molecular complexity index is 3420. The van der Waals surface area contributed by atoms with E-state index >= 15 is 0 Å². The van der Waals surface area contributed by atoms with E-state index in [-0.39, 0.29) is 26.5 Å². The summed E-state index contributed by atoms with van der Waals surface area (Å²) in [5.74, 6) is 1.97. The van der Waals surface area contributed by atoms with Crippen molar-refractivity contribution in [3.8, 4) is 45.1 Å². The molecule has 3 aromatic heterocycles. The fraction of sp³-hybridized carbons (Fsp3) is 0.0877. The van der Waals surface area contributed by atoms with E-state index in [1.165, 1.54) is 5.56 Å². The van der Waals surface area contributed by atoms with Gasteiger partial charge in [-0.2, -0.15) is 6.07 Å². The van der Waals surface area contributed by atoms with Gasteiger partial charge in [-0.05, 0) is 45.7 Å². The van der Waals surface area contributed by atoms with Crippen molar-refractivity contribution in [1.82, 2.24) is 14.1 Å². The van der Waals surface area contributed by atoms with Crippen LogP contribution in [0.25, 0.3) is 89.7 Å². The molecule has 0 spiro atoms. The van der Waals surface area contributed by atoms with Gasteiger partial charge in [-0.25, -0.2) is 4.98 Å². The van der Waals surface area contributed by atoms with Gasteiger partial charge in [0.15, 0.2) is 0 Å². The predicted molar refractivity (Wildman–Crippen MR) is 252 cm³/mol. The van der Waals surface area contributed by atoms with Crippen LogP contribution in [0, 0.1) is 18.5 Å². The Morgan fingerprint density at radius 3 is 2.08 bits per heavy atom. The number of aryl methyl sites for hydroxylation is 1. The van der Waals surface area contributed by atoms with Gasteiger partial charge in [0.05, 0.1) is 23.8 Å². The van der Waals surface area contributed by atoms with Gasteiger partial charge in [-0.3, -0.25) is 0 Å². The molecule has 0 atom stereocenters. The van der Waals surface area contributed by atoms with Gasteiger partial charge < -0.3 is 18.4 Å². The summed E-state index contributed by atoms with van der Waals surface area (Å²) in [5.41, 5.74) is 14.2. The van der Waals surface area contributed by atoms with Gasteiger partial charge in [0.1, 0.15) is 5.82 Å². The largest absolute Gasteiger partial charge is 0.509 e. The van der Waals surface area contributed by atoms with Gasteiger partial charge in [0, 0.05) is 43.7 Å². The number of benzene rings is 7. The fourth-order valence-electron chi connectivity index (χ4n) is 8.79. The molecule has 0 fully saturated rings. The zero-order valence-corrected chi connectivity index (χ0v) is 37.6. The first-order chi connectivity index (χ1) is 30.3. The molecule has 0 radical (unpaired) electrons. The van der Waals surface area contributed by atoms with E-state index in [1.54, 1.807) is 0 Å². The Balaban J connectivity index is 0.00000471. The first-order valence-corrected chi connectivity index (χ1v) is 21.0. The maximum absolute atomic E-state index is 7.27. The van der Waals surface area contributed by atoms with Crippen molar-refractivity contribution in [2.45, 2.75) is 26.2 Å². The van der Waals surface area contributed by atoms with Crippen LogP contribution in [0.5, 0.6) is 5.75 Å². The molecule has 6 heteroatoms. The van der Waals surface area contributed by atoms with Gasteiger partial charge >= 0.3 is 0 Å². The molecule has 1 aliphatic rings. The van der Waals surface area contributed by atoms with E-state index in [2.05, 4.69) is 218 Å². The Labute approximate surface area is 382 Å². The van der Waals surface area contributed by atoms with Crippen LogP contribution < -0.4 is 9.30 Å². The summed E-state index contributed by atoms with van der Waals surface area (Å²) in [6.07, 6.45) is 9.59. The molecular formula is C57H42N4OPt-2. The summed E-state index contributed by atoms with van der Waals surface area (Å²) in [5, 5.41) is 2.18. The molecule has 3 heterocycles. The molecule has 0 aliphatic heterocycles. The number of pyridine rings is 1. The number of hydrogen-bond acceptors (Lipinski definition) is 2. The molecule has 5 nitrogen and oxygen atoms in total. The third-order valence-corrected chi connectivity index (χ3v) is 11.9. The zero-order valence-electron chi connectivity index (χ0n) is 35.3. The Kier molecular flexibility index (Phi) is 10.2. The summed E-state index contributed by atoms with van der Waals surface area (Å²) in [6, 6.07) is 65.3. The topological polar surface area (TPSA) is 35.9 Å². The normalized spacial score (nSPS) is 13.3. The summed E-state index contributed by atoms with van der Waals surface area (Å²) in [6.45, 7) is 6.75. The number of fused-ring (bicyclic) bond motifs is 7.